The molecule has 1 atom stereocenters. The van der Waals surface area contributed by atoms with Gasteiger partial charge < -0.3 is 11.1 Å². The topological polar surface area (TPSA) is 55.1 Å². The molecular formula is C12H24N2OS. The molecule has 0 aliphatic heterocycles. The van der Waals surface area contributed by atoms with Crippen molar-refractivity contribution < 1.29 is 4.79 Å². The lowest BCUT2D eigenvalue weighted by Crippen LogP contribution is -2.51. The molecular weight excluding hydrogens is 220 g/mol. The molecule has 3 nitrogen and oxygen atoms in total. The van der Waals surface area contributed by atoms with Gasteiger partial charge in [0.2, 0.25) is 5.91 Å². The summed E-state index contributed by atoms with van der Waals surface area (Å²) in [5.74, 6) is -0.362. The molecule has 0 fully saturated rings. The maximum atomic E-state index is 12.0. The van der Waals surface area contributed by atoms with Crippen LogP contribution in [-0.2, 0) is 4.79 Å². The lowest BCUT2D eigenvalue weighted by atomic mass is 9.88. The Bertz CT molecular complexity index is 241. The van der Waals surface area contributed by atoms with E-state index in [-0.39, 0.29) is 22.4 Å². The van der Waals surface area contributed by atoms with Crippen LogP contribution in [0.25, 0.3) is 0 Å². The summed E-state index contributed by atoms with van der Waals surface area (Å²) in [5.41, 5.74) is 5.46. The van der Waals surface area contributed by atoms with Gasteiger partial charge in [-0.2, -0.15) is 0 Å². The summed E-state index contributed by atoms with van der Waals surface area (Å²) in [4.78, 5) is 12.3. The highest BCUT2D eigenvalue weighted by molar-refractivity contribution is 7.80. The van der Waals surface area contributed by atoms with E-state index in [4.69, 9.17) is 18.0 Å². The van der Waals surface area contributed by atoms with Gasteiger partial charge in [0.05, 0.1) is 10.9 Å². The van der Waals surface area contributed by atoms with Crippen LogP contribution >= 0.6 is 12.2 Å². The van der Waals surface area contributed by atoms with Gasteiger partial charge in [-0.25, -0.2) is 0 Å². The molecule has 94 valence electrons. The first kappa shape index (κ1) is 15.4. The van der Waals surface area contributed by atoms with Crippen LogP contribution in [0, 0.1) is 5.92 Å². The van der Waals surface area contributed by atoms with Gasteiger partial charge in [-0.05, 0) is 25.7 Å². The van der Waals surface area contributed by atoms with Crippen LogP contribution in [0.3, 0.4) is 0 Å². The molecule has 1 amide bonds. The van der Waals surface area contributed by atoms with Crippen molar-refractivity contribution >= 4 is 23.1 Å². The van der Waals surface area contributed by atoms with Gasteiger partial charge >= 0.3 is 0 Å². The van der Waals surface area contributed by atoms with Crippen molar-refractivity contribution in [3.8, 4) is 0 Å². The van der Waals surface area contributed by atoms with Gasteiger partial charge in [-0.15, -0.1) is 0 Å². The minimum Gasteiger partial charge on any atom is -0.393 e. The zero-order valence-electron chi connectivity index (χ0n) is 10.8. The van der Waals surface area contributed by atoms with Crippen molar-refractivity contribution in [3.05, 3.63) is 0 Å². The predicted octanol–water partition coefficient (Wildman–Crippen LogP) is 2.38. The molecule has 0 aliphatic carbocycles. The van der Waals surface area contributed by atoms with Crippen molar-refractivity contribution in [1.82, 2.24) is 5.32 Å². The average Bonchev–Trinajstić information content (AvgIpc) is 2.26. The number of hydrogen-bond acceptors (Lipinski definition) is 2. The number of thiocarbonyl (C=S) groups is 1. The molecule has 0 rings (SSSR count). The third kappa shape index (κ3) is 3.74. The van der Waals surface area contributed by atoms with E-state index in [2.05, 4.69) is 26.1 Å². The van der Waals surface area contributed by atoms with Crippen LogP contribution in [0.2, 0.25) is 0 Å². The third-order valence-electron chi connectivity index (χ3n) is 3.49. The molecule has 1 unspecified atom stereocenters. The van der Waals surface area contributed by atoms with Crippen molar-refractivity contribution in [3.63, 3.8) is 0 Å². The van der Waals surface area contributed by atoms with Crippen molar-refractivity contribution in [2.24, 2.45) is 11.7 Å². The van der Waals surface area contributed by atoms with Gasteiger partial charge in [0.25, 0.3) is 0 Å². The summed E-state index contributed by atoms with van der Waals surface area (Å²) in [7, 11) is 0. The first-order valence-electron chi connectivity index (χ1n) is 6.07. The molecule has 0 aliphatic rings. The van der Waals surface area contributed by atoms with Crippen molar-refractivity contribution in [2.75, 3.05) is 0 Å². The number of rotatable bonds is 7. The fourth-order valence-corrected chi connectivity index (χ4v) is 2.15. The Balaban J connectivity index is 4.68. The first-order valence-corrected chi connectivity index (χ1v) is 6.48. The monoisotopic (exact) mass is 244 g/mol. The number of nitrogens with two attached hydrogens (primary N) is 1. The van der Waals surface area contributed by atoms with Crippen LogP contribution in [0.4, 0.5) is 0 Å². The third-order valence-corrected chi connectivity index (χ3v) is 3.77. The summed E-state index contributed by atoms with van der Waals surface area (Å²) < 4.78 is 0. The molecule has 0 spiro atoms. The van der Waals surface area contributed by atoms with E-state index >= 15 is 0 Å². The second-order valence-corrected chi connectivity index (χ2v) is 4.66. The molecule has 3 N–H and O–H groups in total. The molecule has 0 saturated carbocycles. The standard InChI is InChI=1S/C12H24N2OS/c1-5-9(10(13)16)11(15)14-12(6-2,7-3)8-4/h9H,5-8H2,1-4H3,(H2,13,16)(H,14,15). The molecule has 4 heteroatoms. The zero-order chi connectivity index (χ0) is 12.8. The highest BCUT2D eigenvalue weighted by Crippen LogP contribution is 2.20. The lowest BCUT2D eigenvalue weighted by molar-refractivity contribution is -0.125. The Labute approximate surface area is 104 Å². The maximum absolute atomic E-state index is 12.0. The maximum Gasteiger partial charge on any atom is 0.230 e. The highest BCUT2D eigenvalue weighted by Gasteiger charge is 2.29. The number of carbonyl (C=O) groups excluding carboxylic acids is 1. The number of amides is 1. The summed E-state index contributed by atoms with van der Waals surface area (Å²) in [6.45, 7) is 8.20. The quantitative estimate of drug-likeness (QED) is 0.676. The van der Waals surface area contributed by atoms with Gasteiger partial charge in [0.1, 0.15) is 0 Å². The molecule has 0 aromatic rings. The number of nitrogens with one attached hydrogen (secondary N) is 1. The minimum atomic E-state index is -0.334. The largest absolute Gasteiger partial charge is 0.393 e. The summed E-state index contributed by atoms with van der Waals surface area (Å²) in [6, 6.07) is 0. The van der Waals surface area contributed by atoms with E-state index in [0.717, 1.165) is 19.3 Å². The van der Waals surface area contributed by atoms with Crippen LogP contribution in [-0.4, -0.2) is 16.4 Å². The Hall–Kier alpha value is -0.640. The second kappa shape index (κ2) is 6.84. The van der Waals surface area contributed by atoms with Gasteiger partial charge in [-0.3, -0.25) is 4.79 Å². The SMILES string of the molecule is CCC(C(=O)NC(CC)(CC)CC)C(N)=S. The molecule has 16 heavy (non-hydrogen) atoms. The van der Waals surface area contributed by atoms with E-state index in [1.807, 2.05) is 6.92 Å². The smallest absolute Gasteiger partial charge is 0.230 e. The van der Waals surface area contributed by atoms with Crippen molar-refractivity contribution in [2.45, 2.75) is 58.9 Å². The summed E-state index contributed by atoms with van der Waals surface area (Å²) in [5, 5.41) is 3.11. The van der Waals surface area contributed by atoms with E-state index < -0.39 is 0 Å². The summed E-state index contributed by atoms with van der Waals surface area (Å²) >= 11 is 4.91. The van der Waals surface area contributed by atoms with Crippen LogP contribution in [0.1, 0.15) is 53.4 Å². The molecule has 0 bridgehead atoms. The minimum absolute atomic E-state index is 0.0273. The normalized spacial score (nSPS) is 13.2. The average molecular weight is 244 g/mol. The predicted molar refractivity (Wildman–Crippen MR) is 72.3 cm³/mol. The number of hydrogen-bond donors (Lipinski definition) is 2. The molecule has 0 radical (unpaired) electrons. The Morgan fingerprint density at radius 3 is 1.94 bits per heavy atom. The van der Waals surface area contributed by atoms with Gasteiger partial charge in [-0.1, -0.05) is 39.9 Å². The summed E-state index contributed by atoms with van der Waals surface area (Å²) in [6.07, 6.45) is 3.45. The van der Waals surface area contributed by atoms with E-state index in [9.17, 15) is 4.79 Å². The zero-order valence-corrected chi connectivity index (χ0v) is 11.6. The molecule has 0 aromatic heterocycles. The van der Waals surface area contributed by atoms with Crippen LogP contribution < -0.4 is 11.1 Å². The Kier molecular flexibility index (Phi) is 6.56. The molecule has 0 heterocycles. The highest BCUT2D eigenvalue weighted by atomic mass is 32.1. The number of carbonyl (C=O) groups is 1. The fraction of sp³-hybridized carbons (Fsp3) is 0.833. The van der Waals surface area contributed by atoms with Gasteiger partial charge in [0, 0.05) is 5.54 Å². The Morgan fingerprint density at radius 1 is 1.25 bits per heavy atom. The van der Waals surface area contributed by atoms with Crippen LogP contribution in [0.15, 0.2) is 0 Å². The fourth-order valence-electron chi connectivity index (χ4n) is 1.88. The Morgan fingerprint density at radius 2 is 1.69 bits per heavy atom. The molecule has 0 aromatic carbocycles. The molecule has 0 saturated heterocycles. The lowest BCUT2D eigenvalue weighted by Gasteiger charge is -2.33. The van der Waals surface area contributed by atoms with Gasteiger partial charge in [0.15, 0.2) is 0 Å². The second-order valence-electron chi connectivity index (χ2n) is 4.19. The van der Waals surface area contributed by atoms with Crippen LogP contribution in [0.5, 0.6) is 0 Å². The van der Waals surface area contributed by atoms with Crippen molar-refractivity contribution in [1.29, 1.82) is 0 Å². The van der Waals surface area contributed by atoms with E-state index in [0.29, 0.717) is 6.42 Å². The first-order chi connectivity index (χ1) is 7.46. The van der Waals surface area contributed by atoms with E-state index in [1.165, 1.54) is 0 Å². The van der Waals surface area contributed by atoms with E-state index in [1.54, 1.807) is 0 Å².